The van der Waals surface area contributed by atoms with Crippen LogP contribution in [0.15, 0.2) is 12.3 Å². The van der Waals surface area contributed by atoms with Gasteiger partial charge in [-0.25, -0.2) is 4.98 Å². The second-order valence-electron chi connectivity index (χ2n) is 5.02. The molecule has 0 bridgehead atoms. The van der Waals surface area contributed by atoms with Crippen LogP contribution in [0.3, 0.4) is 0 Å². The van der Waals surface area contributed by atoms with Gasteiger partial charge in [0.1, 0.15) is 19.9 Å². The second-order valence-corrected chi connectivity index (χ2v) is 5.02. The van der Waals surface area contributed by atoms with E-state index in [2.05, 4.69) is 4.98 Å². The summed E-state index contributed by atoms with van der Waals surface area (Å²) in [6.07, 6.45) is 4.25. The molecule has 0 N–H and O–H groups in total. The maximum atomic E-state index is 11.9. The molecular formula is C14H18BNO3. The molecule has 0 aromatic carbocycles. The van der Waals surface area contributed by atoms with Crippen LogP contribution in [0.1, 0.15) is 31.7 Å². The van der Waals surface area contributed by atoms with Crippen LogP contribution in [-0.4, -0.2) is 32.0 Å². The van der Waals surface area contributed by atoms with E-state index in [0.717, 1.165) is 24.8 Å². The standard InChI is InChI=1S/C14H18BNO3/c1-3-18-13(17)14(5-4-6-14)9-19-12-7-10(2)11(15)8-16-12/h7-8H,3-6,9H2,1-2H3. The lowest BCUT2D eigenvalue weighted by molar-refractivity contribution is -0.163. The van der Waals surface area contributed by atoms with E-state index in [1.165, 1.54) is 0 Å². The maximum absolute atomic E-state index is 11.9. The van der Waals surface area contributed by atoms with Crippen molar-refractivity contribution in [2.24, 2.45) is 5.41 Å². The van der Waals surface area contributed by atoms with Crippen molar-refractivity contribution in [1.29, 1.82) is 0 Å². The lowest BCUT2D eigenvalue weighted by atomic mass is 9.69. The summed E-state index contributed by atoms with van der Waals surface area (Å²) in [5, 5.41) is 0. The van der Waals surface area contributed by atoms with Gasteiger partial charge < -0.3 is 9.47 Å². The van der Waals surface area contributed by atoms with Crippen molar-refractivity contribution >= 4 is 19.3 Å². The molecule has 1 aromatic rings. The number of carbonyl (C=O) groups is 1. The van der Waals surface area contributed by atoms with Crippen LogP contribution >= 0.6 is 0 Å². The van der Waals surface area contributed by atoms with E-state index in [4.69, 9.17) is 17.3 Å². The van der Waals surface area contributed by atoms with Crippen LogP contribution in [0, 0.1) is 12.3 Å². The summed E-state index contributed by atoms with van der Waals surface area (Å²) in [5.41, 5.74) is 1.08. The number of pyridine rings is 1. The third kappa shape index (κ3) is 2.91. The van der Waals surface area contributed by atoms with Gasteiger partial charge in [-0.2, -0.15) is 0 Å². The van der Waals surface area contributed by atoms with Gasteiger partial charge in [-0.15, -0.1) is 0 Å². The van der Waals surface area contributed by atoms with Crippen molar-refractivity contribution in [3.63, 3.8) is 0 Å². The molecule has 0 aliphatic heterocycles. The fourth-order valence-corrected chi connectivity index (χ4v) is 2.13. The van der Waals surface area contributed by atoms with E-state index in [9.17, 15) is 4.79 Å². The first-order chi connectivity index (χ1) is 9.07. The highest BCUT2D eigenvalue weighted by atomic mass is 16.5. The average molecular weight is 259 g/mol. The molecule has 1 aromatic heterocycles. The highest BCUT2D eigenvalue weighted by molar-refractivity contribution is 6.33. The quantitative estimate of drug-likeness (QED) is 0.590. The van der Waals surface area contributed by atoms with Gasteiger partial charge in [0.15, 0.2) is 0 Å². The van der Waals surface area contributed by atoms with Gasteiger partial charge in [0.25, 0.3) is 0 Å². The molecule has 5 heteroatoms. The Morgan fingerprint density at radius 3 is 2.79 bits per heavy atom. The zero-order chi connectivity index (χ0) is 13.9. The number of carbonyl (C=O) groups excluding carboxylic acids is 1. The molecule has 2 radical (unpaired) electrons. The smallest absolute Gasteiger partial charge is 0.315 e. The molecule has 0 amide bonds. The fourth-order valence-electron chi connectivity index (χ4n) is 2.13. The predicted octanol–water partition coefficient (Wildman–Crippen LogP) is 1.30. The van der Waals surface area contributed by atoms with Crippen molar-refractivity contribution in [1.82, 2.24) is 4.98 Å². The van der Waals surface area contributed by atoms with Gasteiger partial charge in [-0.1, -0.05) is 17.4 Å². The van der Waals surface area contributed by atoms with E-state index >= 15 is 0 Å². The predicted molar refractivity (Wildman–Crippen MR) is 72.8 cm³/mol. The number of ether oxygens (including phenoxy) is 2. The first-order valence-corrected chi connectivity index (χ1v) is 6.59. The third-order valence-electron chi connectivity index (χ3n) is 3.64. The third-order valence-corrected chi connectivity index (χ3v) is 3.64. The summed E-state index contributed by atoms with van der Waals surface area (Å²) in [6, 6.07) is 1.78. The molecule has 1 aliphatic rings. The second kappa shape index (κ2) is 5.64. The minimum absolute atomic E-state index is 0.159. The van der Waals surface area contributed by atoms with Gasteiger partial charge in [-0.05, 0) is 26.7 Å². The van der Waals surface area contributed by atoms with Crippen LogP contribution in [-0.2, 0) is 9.53 Å². The van der Waals surface area contributed by atoms with E-state index in [1.807, 2.05) is 13.8 Å². The number of aromatic nitrogens is 1. The first kappa shape index (κ1) is 13.9. The number of hydrogen-bond donors (Lipinski definition) is 0. The van der Waals surface area contributed by atoms with E-state index in [0.29, 0.717) is 24.6 Å². The number of nitrogens with zero attached hydrogens (tertiary/aromatic N) is 1. The van der Waals surface area contributed by atoms with Crippen LogP contribution in [0.2, 0.25) is 0 Å². The van der Waals surface area contributed by atoms with Crippen molar-refractivity contribution in [2.75, 3.05) is 13.2 Å². The SMILES string of the molecule is [B]c1cnc(OCC2(C(=O)OCC)CCC2)cc1C. The highest BCUT2D eigenvalue weighted by Gasteiger charge is 2.46. The summed E-state index contributed by atoms with van der Waals surface area (Å²) >= 11 is 0. The zero-order valence-electron chi connectivity index (χ0n) is 11.4. The molecule has 1 heterocycles. The summed E-state index contributed by atoms with van der Waals surface area (Å²) in [6.45, 7) is 4.44. The molecule has 0 unspecified atom stereocenters. The molecule has 0 spiro atoms. The molecule has 100 valence electrons. The largest absolute Gasteiger partial charge is 0.476 e. The lowest BCUT2D eigenvalue weighted by Gasteiger charge is -2.38. The Balaban J connectivity index is 2.00. The van der Waals surface area contributed by atoms with Crippen molar-refractivity contribution in [2.45, 2.75) is 33.1 Å². The molecule has 2 rings (SSSR count). The number of rotatable bonds is 5. The van der Waals surface area contributed by atoms with Gasteiger partial charge in [0.2, 0.25) is 5.88 Å². The Labute approximate surface area is 114 Å². The minimum atomic E-state index is -0.479. The fraction of sp³-hybridized carbons (Fsp3) is 0.571. The van der Waals surface area contributed by atoms with E-state index < -0.39 is 5.41 Å². The Kier molecular flexibility index (Phi) is 4.12. The Morgan fingerprint density at radius 1 is 1.53 bits per heavy atom. The van der Waals surface area contributed by atoms with E-state index in [1.54, 1.807) is 12.3 Å². The molecule has 0 atom stereocenters. The molecule has 19 heavy (non-hydrogen) atoms. The summed E-state index contributed by atoms with van der Waals surface area (Å²) in [4.78, 5) is 16.1. The molecule has 4 nitrogen and oxygen atoms in total. The normalized spacial score (nSPS) is 16.5. The minimum Gasteiger partial charge on any atom is -0.476 e. The Hall–Kier alpha value is -1.52. The number of esters is 1. The Morgan fingerprint density at radius 2 is 2.26 bits per heavy atom. The van der Waals surface area contributed by atoms with Crippen LogP contribution in [0.5, 0.6) is 5.88 Å². The molecular weight excluding hydrogens is 241 g/mol. The number of aryl methyl sites for hydroxylation is 1. The Bertz CT molecular complexity index is 472. The topological polar surface area (TPSA) is 48.4 Å². The van der Waals surface area contributed by atoms with Crippen molar-refractivity contribution in [3.8, 4) is 5.88 Å². The van der Waals surface area contributed by atoms with Gasteiger partial charge >= 0.3 is 5.97 Å². The maximum Gasteiger partial charge on any atom is 0.315 e. The number of hydrogen-bond acceptors (Lipinski definition) is 4. The summed E-state index contributed by atoms with van der Waals surface area (Å²) < 4.78 is 10.8. The van der Waals surface area contributed by atoms with E-state index in [-0.39, 0.29) is 5.97 Å². The average Bonchev–Trinajstić information content (AvgIpc) is 2.32. The molecule has 1 aliphatic carbocycles. The zero-order valence-corrected chi connectivity index (χ0v) is 11.4. The molecule has 0 saturated heterocycles. The van der Waals surface area contributed by atoms with Gasteiger partial charge in [0, 0.05) is 12.3 Å². The molecule has 1 fully saturated rings. The summed E-state index contributed by atoms with van der Waals surface area (Å²) in [7, 11) is 5.70. The van der Waals surface area contributed by atoms with Gasteiger partial charge in [-0.3, -0.25) is 4.79 Å². The summed E-state index contributed by atoms with van der Waals surface area (Å²) in [5.74, 6) is 0.343. The highest BCUT2D eigenvalue weighted by Crippen LogP contribution is 2.42. The van der Waals surface area contributed by atoms with Crippen LogP contribution < -0.4 is 10.2 Å². The van der Waals surface area contributed by atoms with Crippen LogP contribution in [0.4, 0.5) is 0 Å². The van der Waals surface area contributed by atoms with Crippen molar-refractivity contribution < 1.29 is 14.3 Å². The monoisotopic (exact) mass is 259 g/mol. The lowest BCUT2D eigenvalue weighted by Crippen LogP contribution is -2.44. The van der Waals surface area contributed by atoms with Gasteiger partial charge in [0.05, 0.1) is 6.61 Å². The van der Waals surface area contributed by atoms with Crippen molar-refractivity contribution in [3.05, 3.63) is 17.8 Å². The van der Waals surface area contributed by atoms with Crippen LogP contribution in [0.25, 0.3) is 0 Å². The molecule has 1 saturated carbocycles. The first-order valence-electron chi connectivity index (χ1n) is 6.59.